The van der Waals surface area contributed by atoms with Gasteiger partial charge in [-0.05, 0) is 11.6 Å². The smallest absolute Gasteiger partial charge is 0.328 e. The Morgan fingerprint density at radius 2 is 2.10 bits per heavy atom. The highest BCUT2D eigenvalue weighted by atomic mass is 16.6. The predicted octanol–water partition coefficient (Wildman–Crippen LogP) is 0.535. The zero-order chi connectivity index (χ0) is 14.7. The molecule has 0 amide bonds. The van der Waals surface area contributed by atoms with Crippen molar-refractivity contribution in [1.29, 1.82) is 0 Å². The van der Waals surface area contributed by atoms with Crippen LogP contribution in [0.15, 0.2) is 40.1 Å². The average molecular weight is 276 g/mol. The van der Waals surface area contributed by atoms with E-state index < -0.39 is 16.2 Å². The molecule has 2 N–H and O–H groups in total. The Hall–Kier alpha value is -2.90. The van der Waals surface area contributed by atoms with E-state index in [9.17, 15) is 19.7 Å². The van der Waals surface area contributed by atoms with Gasteiger partial charge in [0, 0.05) is 25.4 Å². The van der Waals surface area contributed by atoms with Crippen molar-refractivity contribution < 1.29 is 4.92 Å². The van der Waals surface area contributed by atoms with Crippen LogP contribution in [0.4, 0.5) is 11.4 Å². The first-order valence-electron chi connectivity index (χ1n) is 5.76. The molecule has 8 heteroatoms. The summed E-state index contributed by atoms with van der Waals surface area (Å²) < 4.78 is 1.31. The van der Waals surface area contributed by atoms with Gasteiger partial charge in [-0.25, -0.2) is 4.79 Å². The molecule has 20 heavy (non-hydrogen) atoms. The van der Waals surface area contributed by atoms with Crippen LogP contribution >= 0.6 is 0 Å². The Labute approximate surface area is 112 Å². The predicted molar refractivity (Wildman–Crippen MR) is 73.1 cm³/mol. The van der Waals surface area contributed by atoms with Gasteiger partial charge in [-0.2, -0.15) is 0 Å². The highest BCUT2D eigenvalue weighted by Gasteiger charge is 2.13. The molecule has 0 atom stereocenters. The van der Waals surface area contributed by atoms with Gasteiger partial charge in [0.05, 0.1) is 11.5 Å². The topological polar surface area (TPSA) is 110 Å². The van der Waals surface area contributed by atoms with E-state index in [1.807, 2.05) is 0 Å². The molecule has 2 aromatic rings. The van der Waals surface area contributed by atoms with Crippen LogP contribution in [0, 0.1) is 10.1 Å². The molecule has 0 spiro atoms. The van der Waals surface area contributed by atoms with Crippen molar-refractivity contribution in [3.8, 4) is 0 Å². The van der Waals surface area contributed by atoms with Crippen molar-refractivity contribution in [1.82, 2.24) is 9.55 Å². The number of H-pyrrole nitrogens is 1. The van der Waals surface area contributed by atoms with Gasteiger partial charge in [-0.1, -0.05) is 6.07 Å². The normalized spacial score (nSPS) is 10.2. The minimum absolute atomic E-state index is 0.0370. The van der Waals surface area contributed by atoms with Gasteiger partial charge in [0.1, 0.15) is 5.69 Å². The zero-order valence-electron chi connectivity index (χ0n) is 10.6. The summed E-state index contributed by atoms with van der Waals surface area (Å²) in [6, 6.07) is 5.77. The van der Waals surface area contributed by atoms with Gasteiger partial charge >= 0.3 is 5.69 Å². The van der Waals surface area contributed by atoms with Crippen molar-refractivity contribution in [3.05, 3.63) is 67.0 Å². The lowest BCUT2D eigenvalue weighted by Gasteiger charge is -2.07. The van der Waals surface area contributed by atoms with E-state index in [0.717, 1.165) is 0 Å². The minimum Gasteiger partial charge on any atom is -0.383 e. The SMILES string of the molecule is CNc1cc(Cn2ccc(=O)[nH]c2=O)ccc1[N+](=O)[O-]. The molecule has 1 aromatic carbocycles. The largest absolute Gasteiger partial charge is 0.383 e. The van der Waals surface area contributed by atoms with Crippen molar-refractivity contribution >= 4 is 11.4 Å². The molecular weight excluding hydrogens is 264 g/mol. The lowest BCUT2D eigenvalue weighted by molar-refractivity contribution is -0.383. The Balaban J connectivity index is 2.37. The molecule has 104 valence electrons. The molecule has 0 saturated heterocycles. The number of aromatic nitrogens is 2. The summed E-state index contributed by atoms with van der Waals surface area (Å²) >= 11 is 0. The van der Waals surface area contributed by atoms with Crippen LogP contribution in [0.1, 0.15) is 5.56 Å². The molecule has 1 heterocycles. The number of nitro groups is 1. The number of nitrogens with one attached hydrogen (secondary N) is 2. The molecule has 0 saturated carbocycles. The van der Waals surface area contributed by atoms with E-state index in [4.69, 9.17) is 0 Å². The third-order valence-electron chi connectivity index (χ3n) is 2.78. The third kappa shape index (κ3) is 2.74. The second-order valence-corrected chi connectivity index (χ2v) is 4.10. The van der Waals surface area contributed by atoms with Gasteiger partial charge in [-0.15, -0.1) is 0 Å². The highest BCUT2D eigenvalue weighted by Crippen LogP contribution is 2.24. The number of hydrogen-bond donors (Lipinski definition) is 2. The number of nitrogens with zero attached hydrogens (tertiary/aromatic N) is 2. The van der Waals surface area contributed by atoms with Gasteiger partial charge < -0.3 is 5.32 Å². The van der Waals surface area contributed by atoms with Crippen LogP contribution < -0.4 is 16.6 Å². The van der Waals surface area contributed by atoms with Gasteiger partial charge in [0.2, 0.25) is 0 Å². The maximum Gasteiger partial charge on any atom is 0.328 e. The summed E-state index contributed by atoms with van der Waals surface area (Å²) in [5, 5.41) is 13.6. The van der Waals surface area contributed by atoms with Crippen molar-refractivity contribution in [2.75, 3.05) is 12.4 Å². The lowest BCUT2D eigenvalue weighted by Crippen LogP contribution is -2.28. The fraction of sp³-hybridized carbons (Fsp3) is 0.167. The van der Waals surface area contributed by atoms with E-state index in [0.29, 0.717) is 11.3 Å². The number of aromatic amines is 1. The van der Waals surface area contributed by atoms with Crippen LogP contribution in [0.3, 0.4) is 0 Å². The maximum atomic E-state index is 11.6. The van der Waals surface area contributed by atoms with Crippen LogP contribution in [-0.4, -0.2) is 21.5 Å². The van der Waals surface area contributed by atoms with Gasteiger partial charge in [0.15, 0.2) is 0 Å². The molecule has 0 radical (unpaired) electrons. The standard InChI is InChI=1S/C12H12N4O4/c1-13-9-6-8(2-3-10(9)16(19)20)7-15-5-4-11(17)14-12(15)18/h2-6,13H,7H2,1H3,(H,14,17,18). The molecule has 0 fully saturated rings. The van der Waals surface area contributed by atoms with E-state index in [-0.39, 0.29) is 12.2 Å². The van der Waals surface area contributed by atoms with Crippen molar-refractivity contribution in [3.63, 3.8) is 0 Å². The van der Waals surface area contributed by atoms with Crippen LogP contribution in [0.25, 0.3) is 0 Å². The summed E-state index contributed by atoms with van der Waals surface area (Å²) in [5.41, 5.74) is 0.0388. The van der Waals surface area contributed by atoms with Crippen LogP contribution in [-0.2, 0) is 6.54 Å². The molecule has 0 aliphatic carbocycles. The Kier molecular flexibility index (Phi) is 3.65. The quantitative estimate of drug-likeness (QED) is 0.625. The number of rotatable bonds is 4. The third-order valence-corrected chi connectivity index (χ3v) is 2.78. The van der Waals surface area contributed by atoms with Crippen molar-refractivity contribution in [2.45, 2.75) is 6.54 Å². The van der Waals surface area contributed by atoms with E-state index in [1.165, 1.54) is 22.9 Å². The summed E-state index contributed by atoms with van der Waals surface area (Å²) in [6.07, 6.45) is 1.38. The molecule has 0 aliphatic heterocycles. The number of hydrogen-bond acceptors (Lipinski definition) is 5. The molecular formula is C12H12N4O4. The fourth-order valence-corrected chi connectivity index (χ4v) is 1.81. The first kappa shape index (κ1) is 13.5. The minimum atomic E-state index is -0.526. The number of nitro benzene ring substituents is 1. The Bertz CT molecular complexity index is 763. The zero-order valence-corrected chi connectivity index (χ0v) is 10.6. The molecule has 0 bridgehead atoms. The lowest BCUT2D eigenvalue weighted by atomic mass is 10.1. The molecule has 2 rings (SSSR count). The van der Waals surface area contributed by atoms with Gasteiger partial charge in [0.25, 0.3) is 11.2 Å². The second kappa shape index (κ2) is 5.39. The summed E-state index contributed by atoms with van der Waals surface area (Å²) in [6.45, 7) is 0.211. The Morgan fingerprint density at radius 3 is 2.70 bits per heavy atom. The van der Waals surface area contributed by atoms with Crippen LogP contribution in [0.5, 0.6) is 0 Å². The highest BCUT2D eigenvalue weighted by molar-refractivity contribution is 5.62. The average Bonchev–Trinajstić information content (AvgIpc) is 2.41. The number of anilines is 1. The molecule has 0 unspecified atom stereocenters. The fourth-order valence-electron chi connectivity index (χ4n) is 1.81. The molecule has 1 aromatic heterocycles. The van der Waals surface area contributed by atoms with E-state index >= 15 is 0 Å². The second-order valence-electron chi connectivity index (χ2n) is 4.10. The first-order valence-corrected chi connectivity index (χ1v) is 5.76. The van der Waals surface area contributed by atoms with E-state index in [1.54, 1.807) is 19.2 Å². The molecule has 0 aliphatic rings. The van der Waals surface area contributed by atoms with E-state index in [2.05, 4.69) is 10.3 Å². The summed E-state index contributed by atoms with van der Waals surface area (Å²) in [4.78, 5) is 35.0. The first-order chi connectivity index (χ1) is 9.51. The van der Waals surface area contributed by atoms with Crippen molar-refractivity contribution in [2.24, 2.45) is 0 Å². The summed E-state index contributed by atoms with van der Waals surface area (Å²) in [7, 11) is 1.58. The van der Waals surface area contributed by atoms with Gasteiger partial charge in [-0.3, -0.25) is 24.5 Å². The monoisotopic (exact) mass is 276 g/mol. The number of benzene rings is 1. The molecule has 8 nitrogen and oxygen atoms in total. The Morgan fingerprint density at radius 1 is 1.35 bits per heavy atom. The van der Waals surface area contributed by atoms with Crippen LogP contribution in [0.2, 0.25) is 0 Å². The maximum absolute atomic E-state index is 11.6. The summed E-state index contributed by atoms with van der Waals surface area (Å²) in [5.74, 6) is 0.